The quantitative estimate of drug-likeness (QED) is 0.798. The number of rotatable bonds is 3. The van der Waals surface area contributed by atoms with Crippen molar-refractivity contribution in [2.75, 3.05) is 6.61 Å². The molecular formula is C14H16F3NO3. The maximum Gasteiger partial charge on any atom is 0.437 e. The molecule has 1 aromatic heterocycles. The summed E-state index contributed by atoms with van der Waals surface area (Å²) in [5, 5.41) is 0. The third-order valence-electron chi connectivity index (χ3n) is 4.43. The van der Waals surface area contributed by atoms with Crippen molar-refractivity contribution >= 4 is 5.97 Å². The summed E-state index contributed by atoms with van der Waals surface area (Å²) in [7, 11) is 0. The summed E-state index contributed by atoms with van der Waals surface area (Å²) < 4.78 is 48.8. The first-order valence-corrected chi connectivity index (χ1v) is 7.15. The van der Waals surface area contributed by atoms with Gasteiger partial charge in [-0.15, -0.1) is 0 Å². The number of oxazole rings is 1. The largest absolute Gasteiger partial charge is 0.460 e. The number of aromatic nitrogens is 1. The van der Waals surface area contributed by atoms with Gasteiger partial charge in [0.05, 0.1) is 6.61 Å². The first kappa shape index (κ1) is 14.4. The summed E-state index contributed by atoms with van der Waals surface area (Å²) in [5.41, 5.74) is -1.27. The molecule has 0 saturated heterocycles. The summed E-state index contributed by atoms with van der Waals surface area (Å²) >= 11 is 0. The van der Waals surface area contributed by atoms with E-state index in [1.807, 2.05) is 0 Å². The molecule has 2 aliphatic carbocycles. The minimum Gasteiger partial charge on any atom is -0.460 e. The van der Waals surface area contributed by atoms with E-state index in [9.17, 15) is 18.0 Å². The number of carbonyl (C=O) groups excluding carboxylic acids is 1. The monoisotopic (exact) mass is 303 g/mol. The molecule has 7 heteroatoms. The number of carbonyl (C=O) groups is 1. The van der Waals surface area contributed by atoms with Crippen LogP contribution in [0.3, 0.4) is 0 Å². The average molecular weight is 303 g/mol. The van der Waals surface area contributed by atoms with Gasteiger partial charge in [0.1, 0.15) is 0 Å². The van der Waals surface area contributed by atoms with Gasteiger partial charge in [0.15, 0.2) is 11.6 Å². The Balaban J connectivity index is 1.94. The van der Waals surface area contributed by atoms with Gasteiger partial charge in [-0.2, -0.15) is 13.2 Å². The van der Waals surface area contributed by atoms with E-state index in [2.05, 4.69) is 9.72 Å². The van der Waals surface area contributed by atoms with Crippen molar-refractivity contribution in [3.8, 4) is 0 Å². The van der Waals surface area contributed by atoms with Gasteiger partial charge in [0.25, 0.3) is 0 Å². The molecule has 4 nitrogen and oxygen atoms in total. The molecule has 116 valence electrons. The fourth-order valence-corrected chi connectivity index (χ4v) is 3.57. The minimum atomic E-state index is -4.72. The Morgan fingerprint density at radius 2 is 2.14 bits per heavy atom. The van der Waals surface area contributed by atoms with E-state index in [-0.39, 0.29) is 18.4 Å². The van der Waals surface area contributed by atoms with Crippen LogP contribution in [-0.2, 0) is 10.9 Å². The molecule has 1 aromatic rings. The lowest BCUT2D eigenvalue weighted by atomic mass is 9.89. The Bertz CT molecular complexity index is 552. The number of hydrogen-bond donors (Lipinski definition) is 0. The molecule has 3 unspecified atom stereocenters. The fraction of sp³-hybridized carbons (Fsp3) is 0.714. The molecule has 0 aliphatic heterocycles. The number of alkyl halides is 3. The zero-order valence-electron chi connectivity index (χ0n) is 11.6. The van der Waals surface area contributed by atoms with Crippen molar-refractivity contribution in [1.29, 1.82) is 0 Å². The molecule has 2 fully saturated rings. The van der Waals surface area contributed by atoms with Crippen LogP contribution in [0.25, 0.3) is 0 Å². The predicted molar refractivity (Wildman–Crippen MR) is 65.7 cm³/mol. The highest BCUT2D eigenvalue weighted by Gasteiger charge is 2.46. The Hall–Kier alpha value is -1.53. The predicted octanol–water partition coefficient (Wildman–Crippen LogP) is 3.77. The second-order valence-corrected chi connectivity index (χ2v) is 5.73. The Kier molecular flexibility index (Phi) is 3.45. The van der Waals surface area contributed by atoms with Crippen LogP contribution in [0.15, 0.2) is 4.42 Å². The summed E-state index contributed by atoms with van der Waals surface area (Å²) in [6, 6.07) is 0. The highest BCUT2D eigenvalue weighted by molar-refractivity contribution is 5.87. The molecular weight excluding hydrogens is 287 g/mol. The van der Waals surface area contributed by atoms with Gasteiger partial charge in [-0.3, -0.25) is 0 Å². The topological polar surface area (TPSA) is 52.3 Å². The van der Waals surface area contributed by atoms with E-state index < -0.39 is 23.6 Å². The third kappa shape index (κ3) is 2.53. The van der Waals surface area contributed by atoms with Crippen molar-refractivity contribution in [2.24, 2.45) is 11.8 Å². The molecule has 0 N–H and O–H groups in total. The van der Waals surface area contributed by atoms with Crippen molar-refractivity contribution in [3.63, 3.8) is 0 Å². The van der Waals surface area contributed by atoms with Crippen molar-refractivity contribution in [3.05, 3.63) is 17.3 Å². The van der Waals surface area contributed by atoms with Crippen molar-refractivity contribution in [1.82, 2.24) is 4.98 Å². The van der Waals surface area contributed by atoms with Crippen molar-refractivity contribution in [2.45, 2.75) is 44.7 Å². The Morgan fingerprint density at radius 1 is 1.38 bits per heavy atom. The van der Waals surface area contributed by atoms with Crippen LogP contribution in [0.5, 0.6) is 0 Å². The lowest BCUT2D eigenvalue weighted by Gasteiger charge is -2.17. The summed E-state index contributed by atoms with van der Waals surface area (Å²) in [5.74, 6) is -1.11. The SMILES string of the molecule is CCOC(=O)c1oc(C2CC3CCC2C3)nc1C(F)(F)F. The Morgan fingerprint density at radius 3 is 2.67 bits per heavy atom. The number of nitrogens with zero attached hydrogens (tertiary/aromatic N) is 1. The minimum absolute atomic E-state index is 0.0136. The van der Waals surface area contributed by atoms with E-state index in [1.54, 1.807) is 0 Å². The van der Waals surface area contributed by atoms with Crippen LogP contribution in [0.2, 0.25) is 0 Å². The number of ether oxygens (including phenoxy) is 1. The van der Waals surface area contributed by atoms with E-state index in [0.717, 1.165) is 25.7 Å². The zero-order chi connectivity index (χ0) is 15.2. The number of hydrogen-bond acceptors (Lipinski definition) is 4. The second-order valence-electron chi connectivity index (χ2n) is 5.73. The molecule has 3 rings (SSSR count). The molecule has 0 spiro atoms. The van der Waals surface area contributed by atoms with E-state index in [0.29, 0.717) is 11.8 Å². The maximum absolute atomic E-state index is 13.0. The lowest BCUT2D eigenvalue weighted by Crippen LogP contribution is -2.14. The summed E-state index contributed by atoms with van der Waals surface area (Å²) in [6.45, 7) is 1.51. The van der Waals surface area contributed by atoms with Gasteiger partial charge in [-0.05, 0) is 38.0 Å². The molecule has 0 amide bonds. The van der Waals surface area contributed by atoms with Gasteiger partial charge >= 0.3 is 12.1 Å². The number of halogens is 3. The maximum atomic E-state index is 13.0. The first-order valence-electron chi connectivity index (χ1n) is 7.15. The van der Waals surface area contributed by atoms with E-state index in [1.165, 1.54) is 6.92 Å². The second kappa shape index (κ2) is 5.03. The lowest BCUT2D eigenvalue weighted by molar-refractivity contribution is -0.141. The van der Waals surface area contributed by atoms with Crippen molar-refractivity contribution < 1.29 is 27.1 Å². The smallest absolute Gasteiger partial charge is 0.437 e. The van der Waals surface area contributed by atoms with Crippen LogP contribution >= 0.6 is 0 Å². The van der Waals surface area contributed by atoms with Gasteiger partial charge in [-0.1, -0.05) is 6.42 Å². The molecule has 2 bridgehead atoms. The highest BCUT2D eigenvalue weighted by Crippen LogP contribution is 2.53. The van der Waals surface area contributed by atoms with Crippen LogP contribution in [0.1, 0.15) is 60.7 Å². The summed E-state index contributed by atoms with van der Waals surface area (Å²) in [4.78, 5) is 15.2. The van der Waals surface area contributed by atoms with Crippen LogP contribution in [0, 0.1) is 11.8 Å². The standard InChI is InChI=1S/C14H16F3NO3/c1-2-20-13(19)10-11(14(15,16)17)18-12(21-10)9-6-7-3-4-8(9)5-7/h7-9H,2-6H2,1H3. The molecule has 2 aliphatic rings. The highest BCUT2D eigenvalue weighted by atomic mass is 19.4. The van der Waals surface area contributed by atoms with Gasteiger partial charge in [-0.25, -0.2) is 9.78 Å². The molecule has 0 aromatic carbocycles. The fourth-order valence-electron chi connectivity index (χ4n) is 3.57. The normalized spacial score (nSPS) is 28.1. The third-order valence-corrected chi connectivity index (χ3v) is 4.43. The first-order chi connectivity index (χ1) is 9.90. The van der Waals surface area contributed by atoms with E-state index in [4.69, 9.17) is 4.42 Å². The molecule has 21 heavy (non-hydrogen) atoms. The van der Waals surface area contributed by atoms with Crippen LogP contribution < -0.4 is 0 Å². The van der Waals surface area contributed by atoms with Gasteiger partial charge in [0.2, 0.25) is 5.76 Å². The van der Waals surface area contributed by atoms with Gasteiger partial charge < -0.3 is 9.15 Å². The molecule has 0 radical (unpaired) electrons. The number of esters is 1. The number of fused-ring (bicyclic) bond motifs is 2. The zero-order valence-corrected chi connectivity index (χ0v) is 11.6. The van der Waals surface area contributed by atoms with E-state index >= 15 is 0 Å². The molecule has 2 saturated carbocycles. The van der Waals surface area contributed by atoms with Crippen LogP contribution in [0.4, 0.5) is 13.2 Å². The van der Waals surface area contributed by atoms with Crippen LogP contribution in [-0.4, -0.2) is 17.6 Å². The Labute approximate surface area is 119 Å². The molecule has 3 atom stereocenters. The average Bonchev–Trinajstić information content (AvgIpc) is 3.12. The summed E-state index contributed by atoms with van der Waals surface area (Å²) in [6.07, 6.45) is -0.790. The molecule has 1 heterocycles. The van der Waals surface area contributed by atoms with Gasteiger partial charge in [0, 0.05) is 5.92 Å².